The Balaban J connectivity index is 1.65. The zero-order valence-corrected chi connectivity index (χ0v) is 21.0. The van der Waals surface area contributed by atoms with Gasteiger partial charge in [-0.1, -0.05) is 62.3 Å². The van der Waals surface area contributed by atoms with Gasteiger partial charge in [0, 0.05) is 23.2 Å². The molecule has 1 aromatic heterocycles. The van der Waals surface area contributed by atoms with E-state index in [9.17, 15) is 18.7 Å². The summed E-state index contributed by atoms with van der Waals surface area (Å²) in [5, 5.41) is 15.1. The van der Waals surface area contributed by atoms with Crippen LogP contribution in [0.4, 0.5) is 8.78 Å². The summed E-state index contributed by atoms with van der Waals surface area (Å²) >= 11 is 6.18. The number of imidazole rings is 1. The second kappa shape index (κ2) is 10.9. The molecule has 2 N–H and O–H groups in total. The minimum Gasteiger partial charge on any atom is -0.380 e. The molecule has 2 atom stereocenters. The van der Waals surface area contributed by atoms with E-state index >= 15 is 0 Å². The summed E-state index contributed by atoms with van der Waals surface area (Å²) < 4.78 is 30.4. The SMILES string of the molecule is O=C(NC1CCCCC1)C(C1CCCCC1)n1c([C@H](O)c2cccc(Cl)c2)nc2cc(F)c(F)cc21. The van der Waals surface area contributed by atoms with Gasteiger partial charge in [0.05, 0.1) is 11.0 Å². The van der Waals surface area contributed by atoms with E-state index < -0.39 is 23.8 Å². The molecular weight excluding hydrogens is 484 g/mol. The number of hydrogen-bond acceptors (Lipinski definition) is 3. The largest absolute Gasteiger partial charge is 0.380 e. The first kappa shape index (κ1) is 25.2. The number of aliphatic hydroxyl groups excluding tert-OH is 1. The van der Waals surface area contributed by atoms with Crippen molar-refractivity contribution in [1.29, 1.82) is 0 Å². The zero-order valence-electron chi connectivity index (χ0n) is 20.2. The minimum absolute atomic E-state index is 0.00170. The molecule has 3 aromatic rings. The molecular formula is C28H32ClF2N3O2. The molecule has 2 aliphatic carbocycles. The second-order valence-electron chi connectivity index (χ2n) is 10.2. The Labute approximate surface area is 214 Å². The number of nitrogens with one attached hydrogen (secondary N) is 1. The highest BCUT2D eigenvalue weighted by Crippen LogP contribution is 2.39. The Morgan fingerprint density at radius 2 is 1.67 bits per heavy atom. The molecule has 0 saturated heterocycles. The average Bonchev–Trinajstić information content (AvgIpc) is 3.23. The number of carbonyl (C=O) groups excluding carboxylic acids is 1. The molecule has 2 aromatic carbocycles. The van der Waals surface area contributed by atoms with Crippen LogP contribution in [0.25, 0.3) is 11.0 Å². The number of aromatic nitrogens is 2. The molecule has 8 heteroatoms. The lowest BCUT2D eigenvalue weighted by molar-refractivity contribution is -0.127. The van der Waals surface area contributed by atoms with Crippen molar-refractivity contribution in [2.24, 2.45) is 5.92 Å². The molecule has 1 unspecified atom stereocenters. The van der Waals surface area contributed by atoms with Gasteiger partial charge in [-0.05, 0) is 49.3 Å². The minimum atomic E-state index is -1.23. The van der Waals surface area contributed by atoms with E-state index in [1.54, 1.807) is 28.8 Å². The molecule has 1 heterocycles. The quantitative estimate of drug-likeness (QED) is 0.387. The standard InChI is InChI=1S/C28H32ClF2N3O2/c29-19-11-7-10-18(14-19)26(35)27-33-23-15-21(30)22(31)16-24(23)34(27)25(17-8-3-1-4-9-17)28(36)32-20-12-5-2-6-13-20/h7,10-11,14-17,20,25-26,35H,1-6,8-9,12-13H2,(H,32,36)/t25?,26-/m1/s1. The number of hydrogen-bond donors (Lipinski definition) is 2. The van der Waals surface area contributed by atoms with Crippen molar-refractivity contribution in [2.45, 2.75) is 82.4 Å². The molecule has 0 aliphatic heterocycles. The van der Waals surface area contributed by atoms with Crippen molar-refractivity contribution in [3.63, 3.8) is 0 Å². The third kappa shape index (κ3) is 5.14. The molecule has 0 radical (unpaired) electrons. The van der Waals surface area contributed by atoms with E-state index in [-0.39, 0.29) is 29.2 Å². The number of nitrogens with zero attached hydrogens (tertiary/aromatic N) is 2. The van der Waals surface area contributed by atoms with Gasteiger partial charge in [-0.3, -0.25) is 4.79 Å². The highest BCUT2D eigenvalue weighted by atomic mass is 35.5. The molecule has 2 fully saturated rings. The van der Waals surface area contributed by atoms with Crippen molar-refractivity contribution in [3.05, 3.63) is 64.4 Å². The van der Waals surface area contributed by atoms with Gasteiger partial charge in [0.15, 0.2) is 11.6 Å². The topological polar surface area (TPSA) is 67.2 Å². The summed E-state index contributed by atoms with van der Waals surface area (Å²) in [5.74, 6) is -1.98. The molecule has 2 aliphatic rings. The smallest absolute Gasteiger partial charge is 0.243 e. The van der Waals surface area contributed by atoms with E-state index in [0.717, 1.165) is 69.9 Å². The summed E-state index contributed by atoms with van der Waals surface area (Å²) in [6.07, 6.45) is 8.78. The lowest BCUT2D eigenvalue weighted by Gasteiger charge is -2.34. The van der Waals surface area contributed by atoms with Gasteiger partial charge in [0.2, 0.25) is 5.91 Å². The van der Waals surface area contributed by atoms with Crippen LogP contribution in [-0.4, -0.2) is 26.6 Å². The van der Waals surface area contributed by atoms with Gasteiger partial charge >= 0.3 is 0 Å². The van der Waals surface area contributed by atoms with Gasteiger partial charge in [0.1, 0.15) is 18.0 Å². The summed E-state index contributed by atoms with van der Waals surface area (Å²) in [5.41, 5.74) is 1.01. The van der Waals surface area contributed by atoms with Crippen LogP contribution < -0.4 is 5.32 Å². The summed E-state index contributed by atoms with van der Waals surface area (Å²) in [6, 6.07) is 8.32. The van der Waals surface area contributed by atoms with Gasteiger partial charge in [-0.25, -0.2) is 13.8 Å². The lowest BCUT2D eigenvalue weighted by Crippen LogP contribution is -2.44. The van der Waals surface area contributed by atoms with Gasteiger partial charge in [-0.2, -0.15) is 0 Å². The maximum atomic E-state index is 14.5. The van der Waals surface area contributed by atoms with Gasteiger partial charge in [-0.15, -0.1) is 0 Å². The first-order valence-electron chi connectivity index (χ1n) is 13.0. The Kier molecular flexibility index (Phi) is 7.58. The van der Waals surface area contributed by atoms with Crippen LogP contribution >= 0.6 is 11.6 Å². The number of amides is 1. The molecule has 36 heavy (non-hydrogen) atoms. The molecule has 0 bridgehead atoms. The maximum absolute atomic E-state index is 14.5. The normalized spacial score (nSPS) is 19.3. The van der Waals surface area contributed by atoms with E-state index in [0.29, 0.717) is 16.1 Å². The number of halogens is 3. The third-order valence-corrected chi connectivity index (χ3v) is 8.00. The Morgan fingerprint density at radius 1 is 1.00 bits per heavy atom. The van der Waals surface area contributed by atoms with E-state index in [1.165, 1.54) is 6.42 Å². The molecule has 1 amide bonds. The van der Waals surface area contributed by atoms with Crippen molar-refractivity contribution in [2.75, 3.05) is 0 Å². The van der Waals surface area contributed by atoms with Gasteiger partial charge < -0.3 is 15.0 Å². The number of aliphatic hydroxyl groups is 1. The fraction of sp³-hybridized carbons (Fsp3) is 0.500. The second-order valence-corrected chi connectivity index (χ2v) is 10.7. The van der Waals surface area contributed by atoms with Crippen molar-refractivity contribution < 1.29 is 18.7 Å². The van der Waals surface area contributed by atoms with Crippen LogP contribution in [0.15, 0.2) is 36.4 Å². The molecule has 5 nitrogen and oxygen atoms in total. The summed E-state index contributed by atoms with van der Waals surface area (Å²) in [4.78, 5) is 18.5. The van der Waals surface area contributed by atoms with E-state index in [2.05, 4.69) is 10.3 Å². The lowest BCUT2D eigenvalue weighted by atomic mass is 9.82. The zero-order chi connectivity index (χ0) is 25.2. The van der Waals surface area contributed by atoms with Crippen LogP contribution in [0.1, 0.15) is 87.7 Å². The fourth-order valence-electron chi connectivity index (χ4n) is 5.95. The van der Waals surface area contributed by atoms with Crippen LogP contribution in [0.5, 0.6) is 0 Å². The molecule has 0 spiro atoms. The van der Waals surface area contributed by atoms with Crippen LogP contribution in [0, 0.1) is 17.6 Å². The Morgan fingerprint density at radius 3 is 2.36 bits per heavy atom. The Hall–Kier alpha value is -2.51. The van der Waals surface area contributed by atoms with Crippen molar-refractivity contribution >= 4 is 28.5 Å². The Bertz CT molecular complexity index is 1240. The van der Waals surface area contributed by atoms with Crippen molar-refractivity contribution in [1.82, 2.24) is 14.9 Å². The maximum Gasteiger partial charge on any atom is 0.243 e. The number of carbonyl (C=O) groups is 1. The van der Waals surface area contributed by atoms with E-state index in [4.69, 9.17) is 11.6 Å². The first-order chi connectivity index (χ1) is 17.4. The van der Waals surface area contributed by atoms with Crippen LogP contribution in [0.3, 0.4) is 0 Å². The highest BCUT2D eigenvalue weighted by Gasteiger charge is 2.37. The van der Waals surface area contributed by atoms with Crippen LogP contribution in [-0.2, 0) is 4.79 Å². The third-order valence-electron chi connectivity index (χ3n) is 7.76. The number of fused-ring (bicyclic) bond motifs is 1. The monoisotopic (exact) mass is 515 g/mol. The number of benzene rings is 2. The van der Waals surface area contributed by atoms with Crippen LogP contribution in [0.2, 0.25) is 5.02 Å². The molecule has 2 saturated carbocycles. The predicted octanol–water partition coefficient (Wildman–Crippen LogP) is 6.62. The number of rotatable bonds is 6. The highest BCUT2D eigenvalue weighted by molar-refractivity contribution is 6.30. The summed E-state index contributed by atoms with van der Waals surface area (Å²) in [7, 11) is 0. The molecule has 192 valence electrons. The fourth-order valence-corrected chi connectivity index (χ4v) is 6.14. The van der Waals surface area contributed by atoms with E-state index in [1.807, 2.05) is 0 Å². The predicted molar refractivity (Wildman–Crippen MR) is 136 cm³/mol. The van der Waals surface area contributed by atoms with Crippen molar-refractivity contribution in [3.8, 4) is 0 Å². The summed E-state index contributed by atoms with van der Waals surface area (Å²) in [6.45, 7) is 0. The van der Waals surface area contributed by atoms with Gasteiger partial charge in [0.25, 0.3) is 0 Å². The molecule has 5 rings (SSSR count). The average molecular weight is 516 g/mol. The first-order valence-corrected chi connectivity index (χ1v) is 13.4.